The second-order valence-corrected chi connectivity index (χ2v) is 5.25. The highest BCUT2D eigenvalue weighted by Crippen LogP contribution is 2.07. The Hall–Kier alpha value is -1.36. The lowest BCUT2D eigenvalue weighted by Crippen LogP contribution is -2.44. The summed E-state index contributed by atoms with van der Waals surface area (Å²) >= 11 is 0. The average Bonchev–Trinajstić information content (AvgIpc) is 2.68. The lowest BCUT2D eigenvalue weighted by atomic mass is 10.0. The molecule has 102 valence electrons. The molecule has 1 rings (SSSR count). The maximum absolute atomic E-state index is 12.1. The Balaban J connectivity index is 2.61. The summed E-state index contributed by atoms with van der Waals surface area (Å²) in [5, 5.41) is 3.30. The van der Waals surface area contributed by atoms with E-state index in [1.54, 1.807) is 25.2 Å². The van der Waals surface area contributed by atoms with Crippen LogP contribution >= 0.6 is 0 Å². The van der Waals surface area contributed by atoms with Gasteiger partial charge in [-0.15, -0.1) is 0 Å². The third kappa shape index (κ3) is 4.14. The van der Waals surface area contributed by atoms with Gasteiger partial charge in [0.05, 0.1) is 12.6 Å². The number of likely N-dealkylation sites (N-methyl/N-ethyl adjacent to an activating group) is 1. The van der Waals surface area contributed by atoms with Crippen molar-refractivity contribution >= 4 is 5.91 Å². The zero-order valence-electron chi connectivity index (χ0n) is 12.0. The summed E-state index contributed by atoms with van der Waals surface area (Å²) in [6.45, 7) is 4.86. The maximum Gasteiger partial charge on any atom is 0.239 e. The molecule has 0 aliphatic heterocycles. The van der Waals surface area contributed by atoms with Crippen LogP contribution in [0.1, 0.15) is 26.1 Å². The zero-order chi connectivity index (χ0) is 13.7. The van der Waals surface area contributed by atoms with Crippen molar-refractivity contribution in [1.29, 1.82) is 0 Å². The molecule has 1 aromatic rings. The molecule has 1 aromatic heterocycles. The Morgan fingerprint density at radius 1 is 1.50 bits per heavy atom. The van der Waals surface area contributed by atoms with Gasteiger partial charge < -0.3 is 9.47 Å². The van der Waals surface area contributed by atoms with E-state index in [1.807, 2.05) is 17.8 Å². The zero-order valence-corrected chi connectivity index (χ0v) is 12.0. The number of imidazole rings is 1. The maximum atomic E-state index is 12.1. The number of hydrogen-bond donors (Lipinski definition) is 1. The van der Waals surface area contributed by atoms with Gasteiger partial charge in [0.25, 0.3) is 0 Å². The second-order valence-electron chi connectivity index (χ2n) is 5.25. The van der Waals surface area contributed by atoms with Crippen molar-refractivity contribution < 1.29 is 4.79 Å². The molecule has 0 bridgehead atoms. The first-order valence-corrected chi connectivity index (χ1v) is 6.32. The number of carbonyl (C=O) groups is 1. The summed E-state index contributed by atoms with van der Waals surface area (Å²) in [4.78, 5) is 17.9. The molecule has 0 aromatic carbocycles. The molecular weight excluding hydrogens is 228 g/mol. The minimum Gasteiger partial charge on any atom is -0.347 e. The molecule has 18 heavy (non-hydrogen) atoms. The molecule has 1 N–H and O–H groups in total. The van der Waals surface area contributed by atoms with Crippen LogP contribution in [0.25, 0.3) is 0 Å². The van der Waals surface area contributed by atoms with Gasteiger partial charge in [0.2, 0.25) is 5.91 Å². The molecule has 1 atom stereocenters. The first kappa shape index (κ1) is 14.7. The number of aromatic nitrogens is 2. The highest BCUT2D eigenvalue weighted by atomic mass is 16.2. The Kier molecular flexibility index (Phi) is 5.34. The van der Waals surface area contributed by atoms with E-state index in [1.165, 1.54) is 0 Å². The largest absolute Gasteiger partial charge is 0.347 e. The molecule has 5 heteroatoms. The monoisotopic (exact) mass is 252 g/mol. The van der Waals surface area contributed by atoms with E-state index >= 15 is 0 Å². The number of rotatable bonds is 6. The van der Waals surface area contributed by atoms with E-state index in [2.05, 4.69) is 24.1 Å². The topological polar surface area (TPSA) is 50.2 Å². The van der Waals surface area contributed by atoms with Crippen LogP contribution in [0, 0.1) is 5.92 Å². The van der Waals surface area contributed by atoms with Crippen LogP contribution in [0.2, 0.25) is 0 Å². The Labute approximate surface area is 109 Å². The summed E-state index contributed by atoms with van der Waals surface area (Å²) < 4.78 is 1.96. The van der Waals surface area contributed by atoms with Crippen LogP contribution in [0.5, 0.6) is 0 Å². The molecule has 0 fully saturated rings. The van der Waals surface area contributed by atoms with Crippen molar-refractivity contribution in [2.24, 2.45) is 13.0 Å². The van der Waals surface area contributed by atoms with Gasteiger partial charge in [0.15, 0.2) is 0 Å². The van der Waals surface area contributed by atoms with Gasteiger partial charge in [-0.25, -0.2) is 4.98 Å². The van der Waals surface area contributed by atoms with Crippen molar-refractivity contribution in [3.8, 4) is 0 Å². The van der Waals surface area contributed by atoms with E-state index < -0.39 is 0 Å². The summed E-state index contributed by atoms with van der Waals surface area (Å²) in [5.41, 5.74) is 0. The number of carbonyl (C=O) groups excluding carboxylic acids is 1. The minimum atomic E-state index is -0.142. The van der Waals surface area contributed by atoms with Crippen LogP contribution in [-0.2, 0) is 18.4 Å². The standard InChI is InChI=1S/C13H24N4O/c1-10(2)8-11(13(18)16(3)4)15-9-12-14-6-7-17(12)5/h6-7,10-11,15H,8-9H2,1-5H3. The van der Waals surface area contributed by atoms with E-state index in [0.29, 0.717) is 12.5 Å². The quantitative estimate of drug-likeness (QED) is 0.822. The number of nitrogens with zero attached hydrogens (tertiary/aromatic N) is 3. The number of nitrogens with one attached hydrogen (secondary N) is 1. The molecule has 0 spiro atoms. The Bertz CT molecular complexity index is 384. The molecule has 0 aliphatic carbocycles. The van der Waals surface area contributed by atoms with Gasteiger partial charge in [0.1, 0.15) is 5.82 Å². The highest BCUT2D eigenvalue weighted by molar-refractivity contribution is 5.81. The molecule has 0 radical (unpaired) electrons. The van der Waals surface area contributed by atoms with Crippen molar-refractivity contribution in [3.63, 3.8) is 0 Å². The molecular formula is C13H24N4O. The van der Waals surface area contributed by atoms with Gasteiger partial charge in [0, 0.05) is 33.5 Å². The summed E-state index contributed by atoms with van der Waals surface area (Å²) in [6, 6.07) is -0.142. The molecule has 0 aliphatic rings. The van der Waals surface area contributed by atoms with Crippen molar-refractivity contribution in [1.82, 2.24) is 19.8 Å². The predicted octanol–water partition coefficient (Wildman–Crippen LogP) is 1.01. The summed E-state index contributed by atoms with van der Waals surface area (Å²) in [7, 11) is 5.53. The highest BCUT2D eigenvalue weighted by Gasteiger charge is 2.21. The van der Waals surface area contributed by atoms with Gasteiger partial charge in [-0.2, -0.15) is 0 Å². The van der Waals surface area contributed by atoms with Gasteiger partial charge in [-0.3, -0.25) is 10.1 Å². The molecule has 1 amide bonds. The van der Waals surface area contributed by atoms with E-state index in [4.69, 9.17) is 0 Å². The molecule has 1 unspecified atom stereocenters. The van der Waals surface area contributed by atoms with E-state index in [9.17, 15) is 4.79 Å². The lowest BCUT2D eigenvalue weighted by molar-refractivity contribution is -0.131. The first-order valence-electron chi connectivity index (χ1n) is 6.32. The van der Waals surface area contributed by atoms with Crippen LogP contribution in [0.3, 0.4) is 0 Å². The average molecular weight is 252 g/mol. The van der Waals surface area contributed by atoms with Gasteiger partial charge >= 0.3 is 0 Å². The van der Waals surface area contributed by atoms with Crippen LogP contribution in [0.4, 0.5) is 0 Å². The van der Waals surface area contributed by atoms with Gasteiger partial charge in [-0.05, 0) is 12.3 Å². The molecule has 0 saturated carbocycles. The minimum absolute atomic E-state index is 0.123. The SMILES string of the molecule is CC(C)CC(NCc1nccn1C)C(=O)N(C)C. The summed E-state index contributed by atoms with van der Waals surface area (Å²) in [5.74, 6) is 1.54. The number of hydrogen-bond acceptors (Lipinski definition) is 3. The van der Waals surface area contributed by atoms with E-state index in [-0.39, 0.29) is 11.9 Å². The van der Waals surface area contributed by atoms with Crippen molar-refractivity contribution in [2.45, 2.75) is 32.9 Å². The summed E-state index contributed by atoms with van der Waals surface area (Å²) in [6.07, 6.45) is 4.51. The van der Waals surface area contributed by atoms with Gasteiger partial charge in [-0.1, -0.05) is 13.8 Å². The van der Waals surface area contributed by atoms with E-state index in [0.717, 1.165) is 12.2 Å². The number of aryl methyl sites for hydroxylation is 1. The lowest BCUT2D eigenvalue weighted by Gasteiger charge is -2.23. The third-order valence-corrected chi connectivity index (χ3v) is 2.87. The Morgan fingerprint density at radius 2 is 2.17 bits per heavy atom. The van der Waals surface area contributed by atoms with Crippen LogP contribution in [-0.4, -0.2) is 40.5 Å². The molecule has 0 saturated heterocycles. The van der Waals surface area contributed by atoms with Crippen molar-refractivity contribution in [3.05, 3.63) is 18.2 Å². The molecule has 5 nitrogen and oxygen atoms in total. The fourth-order valence-corrected chi connectivity index (χ4v) is 1.84. The second kappa shape index (κ2) is 6.54. The normalized spacial score (nSPS) is 12.8. The Morgan fingerprint density at radius 3 is 2.61 bits per heavy atom. The third-order valence-electron chi connectivity index (χ3n) is 2.87. The van der Waals surface area contributed by atoms with Crippen molar-refractivity contribution in [2.75, 3.05) is 14.1 Å². The predicted molar refractivity (Wildman–Crippen MR) is 72.0 cm³/mol. The fraction of sp³-hybridized carbons (Fsp3) is 0.692. The number of amides is 1. The first-order chi connectivity index (χ1) is 8.41. The molecule has 1 heterocycles. The van der Waals surface area contributed by atoms with Crippen LogP contribution in [0.15, 0.2) is 12.4 Å². The van der Waals surface area contributed by atoms with Crippen LogP contribution < -0.4 is 5.32 Å². The smallest absolute Gasteiger partial charge is 0.239 e. The fourth-order valence-electron chi connectivity index (χ4n) is 1.84.